The third kappa shape index (κ3) is 3.14. The number of hydrogen-bond donors (Lipinski definition) is 2. The predicted molar refractivity (Wildman–Crippen MR) is 114 cm³/mol. The maximum Gasteiger partial charge on any atom is 0.250 e. The summed E-state index contributed by atoms with van der Waals surface area (Å²) in [5.41, 5.74) is 2.83. The molecule has 3 heterocycles. The van der Waals surface area contributed by atoms with Gasteiger partial charge in [-0.25, -0.2) is 0 Å². The van der Waals surface area contributed by atoms with E-state index in [0.717, 1.165) is 50.4 Å². The first-order valence-electron chi connectivity index (χ1n) is 10.5. The molecule has 2 aromatic carbocycles. The van der Waals surface area contributed by atoms with Gasteiger partial charge in [-0.05, 0) is 49.9 Å². The van der Waals surface area contributed by atoms with Crippen molar-refractivity contribution in [2.75, 3.05) is 41.7 Å². The van der Waals surface area contributed by atoms with Crippen LogP contribution >= 0.6 is 0 Å². The lowest BCUT2D eigenvalue weighted by atomic mass is 9.83. The van der Waals surface area contributed by atoms with Crippen LogP contribution in [0.2, 0.25) is 0 Å². The van der Waals surface area contributed by atoms with Gasteiger partial charge in [0.2, 0.25) is 5.91 Å². The monoisotopic (exact) mass is 376 g/mol. The van der Waals surface area contributed by atoms with Gasteiger partial charge < -0.3 is 20.4 Å². The molecule has 3 aliphatic heterocycles. The maximum absolute atomic E-state index is 12.8. The minimum atomic E-state index is -0.449. The Morgan fingerprint density at radius 1 is 0.821 bits per heavy atom. The van der Waals surface area contributed by atoms with Gasteiger partial charge in [0, 0.05) is 37.9 Å². The molecule has 1 spiro atoms. The highest BCUT2D eigenvalue weighted by atomic mass is 16.2. The number of para-hydroxylation sites is 3. The number of amides is 1. The van der Waals surface area contributed by atoms with E-state index in [1.165, 1.54) is 18.5 Å². The molecule has 0 aliphatic carbocycles. The van der Waals surface area contributed by atoms with Crippen molar-refractivity contribution in [3.63, 3.8) is 0 Å². The van der Waals surface area contributed by atoms with Gasteiger partial charge in [-0.1, -0.05) is 30.3 Å². The number of likely N-dealkylation sites (tertiary alicyclic amines) is 1. The molecule has 0 aromatic heterocycles. The Morgan fingerprint density at radius 2 is 1.46 bits per heavy atom. The summed E-state index contributed by atoms with van der Waals surface area (Å²) < 4.78 is 0. The number of nitrogens with one attached hydrogen (secondary N) is 2. The van der Waals surface area contributed by atoms with E-state index in [1.807, 2.05) is 18.2 Å². The third-order valence-electron chi connectivity index (χ3n) is 6.74. The van der Waals surface area contributed by atoms with E-state index < -0.39 is 5.54 Å². The zero-order valence-electron chi connectivity index (χ0n) is 16.2. The minimum absolute atomic E-state index is 0.129. The number of nitrogens with zero attached hydrogens (tertiary/aromatic N) is 2. The number of fused-ring (bicyclic) bond motifs is 1. The molecule has 146 valence electrons. The van der Waals surface area contributed by atoms with Gasteiger partial charge in [0.1, 0.15) is 5.54 Å². The van der Waals surface area contributed by atoms with E-state index in [9.17, 15) is 4.79 Å². The quantitative estimate of drug-likeness (QED) is 0.841. The number of benzene rings is 2. The van der Waals surface area contributed by atoms with Crippen molar-refractivity contribution in [2.24, 2.45) is 0 Å². The molecular formula is C23H28N4O. The van der Waals surface area contributed by atoms with Crippen molar-refractivity contribution < 1.29 is 4.79 Å². The number of piperidine rings is 2. The number of rotatable bonds is 2. The first-order valence-corrected chi connectivity index (χ1v) is 10.5. The number of carbonyl (C=O) groups is 1. The average Bonchev–Trinajstić information content (AvgIpc) is 2.76. The van der Waals surface area contributed by atoms with Crippen LogP contribution in [-0.2, 0) is 4.79 Å². The molecule has 0 atom stereocenters. The molecule has 2 fully saturated rings. The number of carbonyl (C=O) groups excluding carboxylic acids is 1. The van der Waals surface area contributed by atoms with Crippen molar-refractivity contribution >= 4 is 23.0 Å². The van der Waals surface area contributed by atoms with Crippen LogP contribution in [0.5, 0.6) is 0 Å². The minimum Gasteiger partial charge on any atom is -0.371 e. The predicted octanol–water partition coefficient (Wildman–Crippen LogP) is 3.55. The normalized spacial score (nSPS) is 22.4. The van der Waals surface area contributed by atoms with Gasteiger partial charge in [-0.2, -0.15) is 0 Å². The van der Waals surface area contributed by atoms with Gasteiger partial charge in [-0.3, -0.25) is 4.79 Å². The molecule has 5 heteroatoms. The SMILES string of the molecule is O=C1Nc2ccccc2NC12CCN(C1CCN(c3ccccc3)CC1)CC2. The standard InChI is InChI=1S/C23H28N4O/c28-22-23(25-21-9-5-4-8-20(21)24-22)12-16-27(17-13-23)19-10-14-26(15-11-19)18-6-2-1-3-7-18/h1-9,19,25H,10-17H2,(H,24,28). The summed E-state index contributed by atoms with van der Waals surface area (Å²) in [6.07, 6.45) is 4.13. The summed E-state index contributed by atoms with van der Waals surface area (Å²) in [6.45, 7) is 4.20. The summed E-state index contributed by atoms with van der Waals surface area (Å²) in [5.74, 6) is 0.129. The van der Waals surface area contributed by atoms with E-state index in [0.29, 0.717) is 6.04 Å². The second-order valence-corrected chi connectivity index (χ2v) is 8.30. The van der Waals surface area contributed by atoms with Crippen molar-refractivity contribution in [2.45, 2.75) is 37.3 Å². The molecule has 2 saturated heterocycles. The summed E-state index contributed by atoms with van der Waals surface area (Å²) in [6, 6.07) is 19.4. The lowest BCUT2D eigenvalue weighted by Gasteiger charge is -2.47. The highest BCUT2D eigenvalue weighted by molar-refractivity contribution is 6.06. The fourth-order valence-electron chi connectivity index (χ4n) is 5.01. The van der Waals surface area contributed by atoms with E-state index in [1.54, 1.807) is 0 Å². The van der Waals surface area contributed by atoms with Crippen LogP contribution in [0.4, 0.5) is 17.1 Å². The van der Waals surface area contributed by atoms with Gasteiger partial charge >= 0.3 is 0 Å². The molecule has 5 nitrogen and oxygen atoms in total. The van der Waals surface area contributed by atoms with Gasteiger partial charge in [0.15, 0.2) is 0 Å². The Labute approximate surface area is 166 Å². The molecule has 2 aromatic rings. The largest absolute Gasteiger partial charge is 0.371 e. The van der Waals surface area contributed by atoms with E-state index >= 15 is 0 Å². The second kappa shape index (κ2) is 7.13. The highest BCUT2D eigenvalue weighted by Gasteiger charge is 2.45. The molecule has 28 heavy (non-hydrogen) atoms. The van der Waals surface area contributed by atoms with Crippen LogP contribution in [0.25, 0.3) is 0 Å². The third-order valence-corrected chi connectivity index (χ3v) is 6.74. The molecule has 5 rings (SSSR count). The van der Waals surface area contributed by atoms with Gasteiger partial charge in [0.25, 0.3) is 0 Å². The number of anilines is 3. The van der Waals surface area contributed by atoms with Crippen molar-refractivity contribution in [3.8, 4) is 0 Å². The topological polar surface area (TPSA) is 47.6 Å². The first kappa shape index (κ1) is 17.6. The first-order chi connectivity index (χ1) is 13.7. The molecule has 2 N–H and O–H groups in total. The molecule has 0 bridgehead atoms. The molecular weight excluding hydrogens is 348 g/mol. The maximum atomic E-state index is 12.8. The van der Waals surface area contributed by atoms with Crippen molar-refractivity contribution in [3.05, 3.63) is 54.6 Å². The fourth-order valence-corrected chi connectivity index (χ4v) is 5.01. The smallest absolute Gasteiger partial charge is 0.250 e. The lowest BCUT2D eigenvalue weighted by molar-refractivity contribution is -0.122. The summed E-state index contributed by atoms with van der Waals surface area (Å²) in [7, 11) is 0. The molecule has 0 radical (unpaired) electrons. The lowest BCUT2D eigenvalue weighted by Crippen LogP contribution is -2.60. The van der Waals surface area contributed by atoms with Crippen LogP contribution in [0.1, 0.15) is 25.7 Å². The van der Waals surface area contributed by atoms with E-state index in [4.69, 9.17) is 0 Å². The Kier molecular flexibility index (Phi) is 4.47. The molecule has 0 saturated carbocycles. The van der Waals surface area contributed by atoms with Crippen LogP contribution in [-0.4, -0.2) is 48.6 Å². The Bertz CT molecular complexity index is 837. The second-order valence-electron chi connectivity index (χ2n) is 8.30. The summed E-state index contributed by atoms with van der Waals surface area (Å²) in [4.78, 5) is 17.9. The highest BCUT2D eigenvalue weighted by Crippen LogP contribution is 2.37. The van der Waals surface area contributed by atoms with Crippen molar-refractivity contribution in [1.29, 1.82) is 0 Å². The molecule has 3 aliphatic rings. The molecule has 0 unspecified atom stereocenters. The zero-order valence-corrected chi connectivity index (χ0v) is 16.2. The van der Waals surface area contributed by atoms with Gasteiger partial charge in [0.05, 0.1) is 11.4 Å². The van der Waals surface area contributed by atoms with Crippen LogP contribution < -0.4 is 15.5 Å². The fraction of sp³-hybridized carbons (Fsp3) is 0.435. The van der Waals surface area contributed by atoms with E-state index in [2.05, 4.69) is 56.8 Å². The summed E-state index contributed by atoms with van der Waals surface area (Å²) in [5, 5.41) is 6.68. The number of hydrogen-bond acceptors (Lipinski definition) is 4. The van der Waals surface area contributed by atoms with Crippen LogP contribution in [0.15, 0.2) is 54.6 Å². The van der Waals surface area contributed by atoms with Gasteiger partial charge in [-0.15, -0.1) is 0 Å². The molecule has 1 amide bonds. The summed E-state index contributed by atoms with van der Waals surface area (Å²) >= 11 is 0. The Balaban J connectivity index is 1.20. The average molecular weight is 377 g/mol. The Hall–Kier alpha value is -2.53. The van der Waals surface area contributed by atoms with Crippen LogP contribution in [0.3, 0.4) is 0 Å². The van der Waals surface area contributed by atoms with E-state index in [-0.39, 0.29) is 5.91 Å². The Morgan fingerprint density at radius 3 is 2.18 bits per heavy atom. The van der Waals surface area contributed by atoms with Crippen LogP contribution in [0, 0.1) is 0 Å². The zero-order chi connectivity index (χ0) is 19.0. The van der Waals surface area contributed by atoms with Crippen molar-refractivity contribution in [1.82, 2.24) is 4.90 Å².